The molecule has 0 aliphatic carbocycles. The molecular formula is C23H33N3O2S. The molecule has 0 aliphatic rings. The van der Waals surface area contributed by atoms with Crippen molar-refractivity contribution in [1.82, 2.24) is 15.3 Å². The van der Waals surface area contributed by atoms with Gasteiger partial charge in [0.05, 0.1) is 6.04 Å². The predicted molar refractivity (Wildman–Crippen MR) is 120 cm³/mol. The van der Waals surface area contributed by atoms with Crippen molar-refractivity contribution >= 4 is 17.7 Å². The first kappa shape index (κ1) is 23.2. The number of amides is 1. The van der Waals surface area contributed by atoms with E-state index in [0.29, 0.717) is 28.8 Å². The fourth-order valence-corrected chi connectivity index (χ4v) is 3.85. The van der Waals surface area contributed by atoms with Crippen molar-refractivity contribution in [2.75, 3.05) is 6.26 Å². The fourth-order valence-electron chi connectivity index (χ4n) is 3.43. The number of nitrogens with one attached hydrogen (secondary N) is 2. The van der Waals surface area contributed by atoms with E-state index in [9.17, 15) is 9.59 Å². The highest BCUT2D eigenvalue weighted by molar-refractivity contribution is 7.98. The lowest BCUT2D eigenvalue weighted by atomic mass is 9.93. The van der Waals surface area contributed by atoms with Crippen LogP contribution < -0.4 is 10.9 Å². The molecule has 5 nitrogen and oxygen atoms in total. The van der Waals surface area contributed by atoms with Crippen molar-refractivity contribution in [3.8, 4) is 0 Å². The number of rotatable bonds is 9. The Morgan fingerprint density at radius 3 is 2.34 bits per heavy atom. The molecule has 29 heavy (non-hydrogen) atoms. The molecule has 1 aromatic heterocycles. The Bertz CT molecular complexity index is 873. The van der Waals surface area contributed by atoms with E-state index in [1.807, 2.05) is 13.2 Å². The van der Waals surface area contributed by atoms with Gasteiger partial charge < -0.3 is 10.3 Å². The molecule has 1 amide bonds. The number of thioether (sulfide) groups is 1. The maximum atomic E-state index is 12.6. The summed E-state index contributed by atoms with van der Waals surface area (Å²) in [5, 5.41) is 3.75. The minimum absolute atomic E-state index is 0.0491. The van der Waals surface area contributed by atoms with Crippen molar-refractivity contribution in [2.24, 2.45) is 11.8 Å². The molecule has 6 heteroatoms. The zero-order valence-electron chi connectivity index (χ0n) is 18.3. The number of aromatic amines is 1. The summed E-state index contributed by atoms with van der Waals surface area (Å²) < 4.78 is 0. The second kappa shape index (κ2) is 10.6. The quantitative estimate of drug-likeness (QED) is 0.469. The normalized spacial score (nSPS) is 12.4. The van der Waals surface area contributed by atoms with Crippen molar-refractivity contribution in [3.63, 3.8) is 0 Å². The number of hydrogen-bond acceptors (Lipinski definition) is 4. The van der Waals surface area contributed by atoms with Crippen LogP contribution in [-0.2, 0) is 17.6 Å². The minimum atomic E-state index is -0.157. The molecule has 2 aromatic rings. The van der Waals surface area contributed by atoms with E-state index in [1.54, 1.807) is 0 Å². The molecule has 1 heterocycles. The average molecular weight is 416 g/mol. The van der Waals surface area contributed by atoms with E-state index in [-0.39, 0.29) is 29.8 Å². The van der Waals surface area contributed by atoms with E-state index in [0.717, 1.165) is 12.0 Å². The Labute approximate surface area is 178 Å². The lowest BCUT2D eigenvalue weighted by Gasteiger charge is -2.23. The molecule has 0 spiro atoms. The van der Waals surface area contributed by atoms with Crippen molar-refractivity contribution in [3.05, 3.63) is 57.0 Å². The number of benzene rings is 1. The smallest absolute Gasteiger partial charge is 0.254 e. The van der Waals surface area contributed by atoms with E-state index in [1.165, 1.54) is 17.3 Å². The summed E-state index contributed by atoms with van der Waals surface area (Å²) in [7, 11) is 0. The first-order valence-electron chi connectivity index (χ1n) is 10.2. The van der Waals surface area contributed by atoms with Gasteiger partial charge in [-0.2, -0.15) is 0 Å². The highest BCUT2D eigenvalue weighted by atomic mass is 32.2. The summed E-state index contributed by atoms with van der Waals surface area (Å²) in [5.74, 6) is 0.831. The Morgan fingerprint density at radius 2 is 1.83 bits per heavy atom. The summed E-state index contributed by atoms with van der Waals surface area (Å²) in [6, 6.07) is 8.48. The van der Waals surface area contributed by atoms with Crippen LogP contribution in [0.2, 0.25) is 0 Å². The van der Waals surface area contributed by atoms with Crippen LogP contribution in [0.4, 0.5) is 0 Å². The Balaban J connectivity index is 2.04. The molecule has 0 bridgehead atoms. The Kier molecular flexibility index (Phi) is 8.50. The Morgan fingerprint density at radius 1 is 1.17 bits per heavy atom. The first-order valence-corrected chi connectivity index (χ1v) is 11.5. The molecule has 1 aromatic carbocycles. The molecule has 158 valence electrons. The van der Waals surface area contributed by atoms with E-state index in [4.69, 9.17) is 0 Å². The molecule has 0 saturated heterocycles. The van der Waals surface area contributed by atoms with Gasteiger partial charge >= 0.3 is 0 Å². The van der Waals surface area contributed by atoms with E-state index < -0.39 is 0 Å². The average Bonchev–Trinajstić information content (AvgIpc) is 2.65. The van der Waals surface area contributed by atoms with Crippen molar-refractivity contribution in [1.29, 1.82) is 0 Å². The number of carbonyl (C=O) groups is 1. The van der Waals surface area contributed by atoms with E-state index >= 15 is 0 Å². The van der Waals surface area contributed by atoms with Crippen molar-refractivity contribution < 1.29 is 4.79 Å². The summed E-state index contributed by atoms with van der Waals surface area (Å²) in [4.78, 5) is 32.0. The molecule has 0 saturated carbocycles. The summed E-state index contributed by atoms with van der Waals surface area (Å²) in [6.07, 6.45) is 3.56. The number of carbonyl (C=O) groups excluding carboxylic acids is 1. The van der Waals surface area contributed by atoms with Crippen LogP contribution in [0.25, 0.3) is 0 Å². The minimum Gasteiger partial charge on any atom is -0.349 e. The van der Waals surface area contributed by atoms with Crippen LogP contribution in [-0.4, -0.2) is 22.1 Å². The molecule has 1 unspecified atom stereocenters. The summed E-state index contributed by atoms with van der Waals surface area (Å²) >= 11 is 1.40. The van der Waals surface area contributed by atoms with Gasteiger partial charge in [0.15, 0.2) is 5.16 Å². The number of hydrogen-bond donors (Lipinski definition) is 2. The fraction of sp³-hybridized carbons (Fsp3) is 0.522. The number of nitrogens with zero attached hydrogens (tertiary/aromatic N) is 1. The van der Waals surface area contributed by atoms with Gasteiger partial charge in [-0.05, 0) is 49.0 Å². The molecule has 0 radical (unpaired) electrons. The third-order valence-electron chi connectivity index (χ3n) is 4.96. The molecular weight excluding hydrogens is 382 g/mol. The van der Waals surface area contributed by atoms with Gasteiger partial charge in [-0.15, -0.1) is 0 Å². The molecule has 2 N–H and O–H groups in total. The maximum absolute atomic E-state index is 12.6. The van der Waals surface area contributed by atoms with Gasteiger partial charge in [-0.25, -0.2) is 4.98 Å². The second-order valence-corrected chi connectivity index (χ2v) is 9.06. The second-order valence-electron chi connectivity index (χ2n) is 8.27. The molecule has 0 aliphatic heterocycles. The highest BCUT2D eigenvalue weighted by Crippen LogP contribution is 2.23. The third-order valence-corrected chi connectivity index (χ3v) is 5.54. The third kappa shape index (κ3) is 6.74. The first-order chi connectivity index (χ1) is 13.7. The summed E-state index contributed by atoms with van der Waals surface area (Å²) in [6.45, 7) is 10.4. The molecule has 0 fully saturated rings. The van der Waals surface area contributed by atoms with Crippen LogP contribution in [0, 0.1) is 18.8 Å². The van der Waals surface area contributed by atoms with Gasteiger partial charge in [0.2, 0.25) is 5.91 Å². The van der Waals surface area contributed by atoms with Crippen LogP contribution in [0.3, 0.4) is 0 Å². The monoisotopic (exact) mass is 415 g/mol. The van der Waals surface area contributed by atoms with Gasteiger partial charge in [-0.1, -0.05) is 63.7 Å². The topological polar surface area (TPSA) is 74.8 Å². The maximum Gasteiger partial charge on any atom is 0.254 e. The molecule has 2 rings (SSSR count). The van der Waals surface area contributed by atoms with Crippen LogP contribution in [0.5, 0.6) is 0 Å². The predicted octanol–water partition coefficient (Wildman–Crippen LogP) is 4.44. The summed E-state index contributed by atoms with van der Waals surface area (Å²) in [5.41, 5.74) is 3.54. The van der Waals surface area contributed by atoms with Gasteiger partial charge in [0.1, 0.15) is 0 Å². The number of aromatic nitrogens is 2. The van der Waals surface area contributed by atoms with Crippen molar-refractivity contribution in [2.45, 2.75) is 65.1 Å². The molecule has 1 atom stereocenters. The zero-order chi connectivity index (χ0) is 21.6. The highest BCUT2D eigenvalue weighted by Gasteiger charge is 2.19. The largest absolute Gasteiger partial charge is 0.349 e. The van der Waals surface area contributed by atoms with Crippen LogP contribution in [0.1, 0.15) is 62.5 Å². The number of H-pyrrole nitrogens is 1. The van der Waals surface area contributed by atoms with Crippen LogP contribution >= 0.6 is 11.8 Å². The zero-order valence-corrected chi connectivity index (χ0v) is 19.2. The lowest BCUT2D eigenvalue weighted by molar-refractivity contribution is -0.122. The van der Waals surface area contributed by atoms with Gasteiger partial charge in [0.25, 0.3) is 5.56 Å². The standard InChI is InChI=1S/C23H33N3O2S/c1-14(2)13-17-7-9-18(10-8-17)21(15(3)4)25-20(27)12-11-19-16(5)24-23(29-6)26-22(19)28/h7-10,14-15,21H,11-13H2,1-6H3,(H,25,27)(H,24,26,28). The number of aryl methyl sites for hydroxylation is 1. The van der Waals surface area contributed by atoms with E-state index in [2.05, 4.69) is 67.2 Å². The SMILES string of the molecule is CSc1nc(C)c(CCC(=O)NC(c2ccc(CC(C)C)cc2)C(C)C)c(=O)[nH]1. The van der Waals surface area contributed by atoms with Crippen LogP contribution in [0.15, 0.2) is 34.2 Å². The van der Waals surface area contributed by atoms with Gasteiger partial charge in [0, 0.05) is 17.7 Å². The Hall–Kier alpha value is -2.08. The lowest BCUT2D eigenvalue weighted by Crippen LogP contribution is -2.32. The van der Waals surface area contributed by atoms with Gasteiger partial charge in [-0.3, -0.25) is 9.59 Å².